The van der Waals surface area contributed by atoms with Crippen LogP contribution in [0, 0.1) is 11.7 Å². The van der Waals surface area contributed by atoms with Crippen LogP contribution in [0.4, 0.5) is 10.1 Å². The average molecular weight is 323 g/mol. The van der Waals surface area contributed by atoms with Gasteiger partial charge in [-0.2, -0.15) is 0 Å². The van der Waals surface area contributed by atoms with Crippen molar-refractivity contribution in [3.8, 4) is 0 Å². The predicted octanol–water partition coefficient (Wildman–Crippen LogP) is 3.90. The van der Waals surface area contributed by atoms with Gasteiger partial charge in [-0.3, -0.25) is 0 Å². The molecule has 2 unspecified atom stereocenters. The highest BCUT2D eigenvalue weighted by Gasteiger charge is 2.30. The molecule has 1 aliphatic carbocycles. The molecule has 1 aromatic rings. The van der Waals surface area contributed by atoms with E-state index in [1.54, 1.807) is 0 Å². The third-order valence-electron chi connectivity index (χ3n) is 3.85. The van der Waals surface area contributed by atoms with Crippen LogP contribution < -0.4 is 11.1 Å². The summed E-state index contributed by atoms with van der Waals surface area (Å²) in [5.41, 5.74) is 7.64. The van der Waals surface area contributed by atoms with Crippen molar-refractivity contribution in [3.63, 3.8) is 0 Å². The number of benzene rings is 1. The molecule has 1 heterocycles. The zero-order valence-corrected chi connectivity index (χ0v) is 12.0. The first-order valence-electron chi connectivity index (χ1n) is 6.49. The second-order valence-electron chi connectivity index (χ2n) is 5.16. The summed E-state index contributed by atoms with van der Waals surface area (Å²) in [6.07, 6.45) is 10.2. The molecule has 0 saturated heterocycles. The molecule has 100 valence electrons. The molecule has 0 radical (unpaired) electrons. The van der Waals surface area contributed by atoms with Crippen LogP contribution in [0.25, 0.3) is 0 Å². The standard InChI is InChI=1S/C15H16BrFN2/c16-10-6-11-13(18)8-14(9-4-2-1-3-5-9)19-15(11)12(17)7-10/h1-4,6-7,9,13-14,19H,5,8,18H2/t9?,13?,14-/m1/s1. The smallest absolute Gasteiger partial charge is 0.147 e. The zero-order chi connectivity index (χ0) is 13.4. The Balaban J connectivity index is 1.91. The first-order valence-corrected chi connectivity index (χ1v) is 7.29. The molecule has 0 bridgehead atoms. The highest BCUT2D eigenvalue weighted by Crippen LogP contribution is 2.38. The number of anilines is 1. The number of rotatable bonds is 1. The molecule has 2 nitrogen and oxygen atoms in total. The Morgan fingerprint density at radius 2 is 2.16 bits per heavy atom. The molecule has 4 heteroatoms. The molecule has 19 heavy (non-hydrogen) atoms. The van der Waals surface area contributed by atoms with E-state index in [1.165, 1.54) is 6.07 Å². The summed E-state index contributed by atoms with van der Waals surface area (Å²) in [6.45, 7) is 0. The largest absolute Gasteiger partial charge is 0.379 e. The molecule has 1 aliphatic heterocycles. The van der Waals surface area contributed by atoms with Crippen molar-refractivity contribution < 1.29 is 4.39 Å². The molecule has 3 rings (SSSR count). The van der Waals surface area contributed by atoms with Gasteiger partial charge in [0, 0.05) is 22.5 Å². The van der Waals surface area contributed by atoms with Gasteiger partial charge in [0.1, 0.15) is 5.82 Å². The number of nitrogens with one attached hydrogen (secondary N) is 1. The van der Waals surface area contributed by atoms with E-state index in [2.05, 4.69) is 39.5 Å². The van der Waals surface area contributed by atoms with Gasteiger partial charge in [0.05, 0.1) is 5.69 Å². The van der Waals surface area contributed by atoms with Gasteiger partial charge in [-0.1, -0.05) is 40.2 Å². The quantitative estimate of drug-likeness (QED) is 0.822. The zero-order valence-electron chi connectivity index (χ0n) is 10.4. The lowest BCUT2D eigenvalue weighted by Crippen LogP contribution is -2.37. The lowest BCUT2D eigenvalue weighted by atomic mass is 9.83. The van der Waals surface area contributed by atoms with Crippen molar-refractivity contribution in [2.24, 2.45) is 11.7 Å². The van der Waals surface area contributed by atoms with Gasteiger partial charge in [0.25, 0.3) is 0 Å². The number of nitrogens with two attached hydrogens (primary N) is 1. The Labute approximate surface area is 120 Å². The van der Waals surface area contributed by atoms with Gasteiger partial charge >= 0.3 is 0 Å². The van der Waals surface area contributed by atoms with E-state index >= 15 is 0 Å². The monoisotopic (exact) mass is 322 g/mol. The van der Waals surface area contributed by atoms with Crippen LogP contribution in [0.15, 0.2) is 40.9 Å². The van der Waals surface area contributed by atoms with E-state index < -0.39 is 0 Å². The van der Waals surface area contributed by atoms with E-state index in [9.17, 15) is 4.39 Å². The van der Waals surface area contributed by atoms with Crippen molar-refractivity contribution in [1.29, 1.82) is 0 Å². The van der Waals surface area contributed by atoms with Crippen LogP contribution in [0.1, 0.15) is 24.4 Å². The van der Waals surface area contributed by atoms with Crippen molar-refractivity contribution in [3.05, 3.63) is 52.3 Å². The van der Waals surface area contributed by atoms with Crippen LogP contribution in [-0.2, 0) is 0 Å². The van der Waals surface area contributed by atoms with Crippen LogP contribution >= 0.6 is 15.9 Å². The van der Waals surface area contributed by atoms with Gasteiger partial charge in [-0.25, -0.2) is 4.39 Å². The Hall–Kier alpha value is -1.13. The number of allylic oxidation sites excluding steroid dienone is 3. The van der Waals surface area contributed by atoms with Crippen molar-refractivity contribution in [2.75, 3.05) is 5.32 Å². The van der Waals surface area contributed by atoms with Crippen molar-refractivity contribution in [1.82, 2.24) is 0 Å². The lowest BCUT2D eigenvalue weighted by Gasteiger charge is -2.35. The minimum atomic E-state index is -0.236. The van der Waals surface area contributed by atoms with Crippen molar-refractivity contribution >= 4 is 21.6 Å². The molecule has 0 fully saturated rings. The summed E-state index contributed by atoms with van der Waals surface area (Å²) in [6, 6.07) is 3.47. The van der Waals surface area contributed by atoms with Crippen LogP contribution in [0.2, 0.25) is 0 Å². The average Bonchev–Trinajstić information content (AvgIpc) is 2.41. The normalized spacial score (nSPS) is 28.9. The van der Waals surface area contributed by atoms with Gasteiger partial charge in [-0.15, -0.1) is 0 Å². The molecule has 1 aromatic carbocycles. The molecule has 0 aromatic heterocycles. The fourth-order valence-corrected chi connectivity index (χ4v) is 3.31. The highest BCUT2D eigenvalue weighted by atomic mass is 79.9. The topological polar surface area (TPSA) is 38.0 Å². The minimum absolute atomic E-state index is 0.118. The minimum Gasteiger partial charge on any atom is -0.379 e. The summed E-state index contributed by atoms with van der Waals surface area (Å²) in [5, 5.41) is 3.33. The molecular weight excluding hydrogens is 307 g/mol. The Morgan fingerprint density at radius 1 is 1.32 bits per heavy atom. The van der Waals surface area contributed by atoms with Crippen LogP contribution in [0.5, 0.6) is 0 Å². The molecular formula is C15H16BrFN2. The predicted molar refractivity (Wildman–Crippen MR) is 79.4 cm³/mol. The molecule has 0 spiro atoms. The van der Waals surface area contributed by atoms with Gasteiger partial charge in [-0.05, 0) is 30.5 Å². The number of halogens is 2. The Kier molecular flexibility index (Phi) is 3.46. The van der Waals surface area contributed by atoms with E-state index in [1.807, 2.05) is 12.1 Å². The lowest BCUT2D eigenvalue weighted by molar-refractivity contribution is 0.443. The molecule has 0 amide bonds. The summed E-state index contributed by atoms with van der Waals surface area (Å²) in [7, 11) is 0. The second kappa shape index (κ2) is 5.10. The number of hydrogen-bond acceptors (Lipinski definition) is 2. The maximum atomic E-state index is 14.1. The summed E-state index contributed by atoms with van der Waals surface area (Å²) in [5.74, 6) is 0.145. The second-order valence-corrected chi connectivity index (χ2v) is 6.07. The third kappa shape index (κ3) is 2.47. The molecule has 3 N–H and O–H groups in total. The number of hydrogen-bond donors (Lipinski definition) is 2. The van der Waals surface area contributed by atoms with E-state index in [4.69, 9.17) is 5.73 Å². The SMILES string of the molecule is NC1C[C@H](C2C=CC=CC2)Nc2c(F)cc(Br)cc21. The first kappa shape index (κ1) is 12.9. The van der Waals surface area contributed by atoms with Crippen LogP contribution in [-0.4, -0.2) is 6.04 Å². The van der Waals surface area contributed by atoms with Gasteiger partial charge in [0.2, 0.25) is 0 Å². The third-order valence-corrected chi connectivity index (χ3v) is 4.31. The maximum Gasteiger partial charge on any atom is 0.147 e. The van der Waals surface area contributed by atoms with Gasteiger partial charge < -0.3 is 11.1 Å². The Bertz CT molecular complexity index is 553. The van der Waals surface area contributed by atoms with Crippen molar-refractivity contribution in [2.45, 2.75) is 24.9 Å². The van der Waals surface area contributed by atoms with E-state index in [0.717, 1.165) is 22.9 Å². The fourth-order valence-electron chi connectivity index (χ4n) is 2.86. The highest BCUT2D eigenvalue weighted by molar-refractivity contribution is 9.10. The summed E-state index contributed by atoms with van der Waals surface area (Å²) < 4.78 is 14.8. The number of fused-ring (bicyclic) bond motifs is 1. The van der Waals surface area contributed by atoms with E-state index in [-0.39, 0.29) is 17.9 Å². The molecule has 0 saturated carbocycles. The summed E-state index contributed by atoms with van der Waals surface area (Å²) >= 11 is 3.32. The summed E-state index contributed by atoms with van der Waals surface area (Å²) in [4.78, 5) is 0. The first-order chi connectivity index (χ1) is 9.15. The van der Waals surface area contributed by atoms with Crippen LogP contribution in [0.3, 0.4) is 0 Å². The maximum absolute atomic E-state index is 14.1. The fraction of sp³-hybridized carbons (Fsp3) is 0.333. The molecule has 2 aliphatic rings. The molecule has 3 atom stereocenters. The van der Waals surface area contributed by atoms with Gasteiger partial charge in [0.15, 0.2) is 0 Å². The van der Waals surface area contributed by atoms with E-state index in [0.29, 0.717) is 11.6 Å². The Morgan fingerprint density at radius 3 is 2.89 bits per heavy atom.